The highest BCUT2D eigenvalue weighted by Crippen LogP contribution is 2.12. The van der Waals surface area contributed by atoms with Gasteiger partial charge in [-0.05, 0) is 42.5 Å². The van der Waals surface area contributed by atoms with Gasteiger partial charge in [-0.3, -0.25) is 4.79 Å². The maximum Gasteiger partial charge on any atom is 0.326 e. The number of rotatable bonds is 7. The quantitative estimate of drug-likeness (QED) is 0.813. The number of benzene rings is 1. The minimum absolute atomic E-state index is 0.0173. The van der Waals surface area contributed by atoms with Crippen molar-refractivity contribution in [1.82, 2.24) is 5.32 Å². The minimum Gasteiger partial charge on any atom is -0.480 e. The lowest BCUT2D eigenvalue weighted by atomic mass is 10.0. The lowest BCUT2D eigenvalue weighted by Gasteiger charge is -2.16. The minimum atomic E-state index is -1.10. The highest BCUT2D eigenvalue weighted by molar-refractivity contribution is 5.83. The highest BCUT2D eigenvalue weighted by Gasteiger charge is 2.21. The number of hydrogen-bond donors (Lipinski definition) is 2. The summed E-state index contributed by atoms with van der Waals surface area (Å²) in [5, 5.41) is 11.4. The Labute approximate surface area is 122 Å². The van der Waals surface area contributed by atoms with Crippen LogP contribution in [0.4, 0.5) is 8.78 Å². The molecule has 0 aromatic heterocycles. The maximum atomic E-state index is 13.4. The van der Waals surface area contributed by atoms with Gasteiger partial charge in [0.1, 0.15) is 17.7 Å². The Balaban J connectivity index is 2.56. The van der Waals surface area contributed by atoms with Crippen molar-refractivity contribution in [2.45, 2.75) is 39.2 Å². The van der Waals surface area contributed by atoms with Crippen LogP contribution in [-0.2, 0) is 16.0 Å². The van der Waals surface area contributed by atoms with E-state index in [0.717, 1.165) is 18.2 Å². The maximum absolute atomic E-state index is 13.4. The summed E-state index contributed by atoms with van der Waals surface area (Å²) in [7, 11) is 0. The fourth-order valence-electron chi connectivity index (χ4n) is 1.94. The van der Waals surface area contributed by atoms with E-state index in [9.17, 15) is 18.4 Å². The molecular weight excluding hydrogens is 280 g/mol. The second-order valence-corrected chi connectivity index (χ2v) is 5.32. The molecule has 1 aromatic carbocycles. The van der Waals surface area contributed by atoms with Crippen molar-refractivity contribution in [3.05, 3.63) is 35.4 Å². The van der Waals surface area contributed by atoms with Crippen LogP contribution >= 0.6 is 0 Å². The summed E-state index contributed by atoms with van der Waals surface area (Å²) in [6.45, 7) is 3.70. The first-order valence-electron chi connectivity index (χ1n) is 6.75. The van der Waals surface area contributed by atoms with E-state index < -0.39 is 29.6 Å². The Morgan fingerprint density at radius 3 is 2.52 bits per heavy atom. The number of nitrogens with one attached hydrogen (secondary N) is 1. The molecule has 0 fully saturated rings. The summed E-state index contributed by atoms with van der Waals surface area (Å²) < 4.78 is 26.4. The van der Waals surface area contributed by atoms with Crippen molar-refractivity contribution in [3.63, 3.8) is 0 Å². The first kappa shape index (κ1) is 17.1. The normalized spacial score (nSPS) is 12.2. The third kappa shape index (κ3) is 5.89. The molecule has 0 aliphatic carbocycles. The molecule has 0 spiro atoms. The summed E-state index contributed by atoms with van der Waals surface area (Å²) in [5.41, 5.74) is 0.0980. The van der Waals surface area contributed by atoms with Crippen LogP contribution in [0, 0.1) is 17.6 Å². The number of carboxylic acid groups (broad SMARTS) is 1. The average Bonchev–Trinajstić information content (AvgIpc) is 2.38. The van der Waals surface area contributed by atoms with Gasteiger partial charge >= 0.3 is 5.97 Å². The predicted octanol–water partition coefficient (Wildman–Crippen LogP) is 2.51. The van der Waals surface area contributed by atoms with Crippen LogP contribution < -0.4 is 5.32 Å². The van der Waals surface area contributed by atoms with Crippen molar-refractivity contribution in [2.24, 2.45) is 5.92 Å². The molecule has 0 saturated carbocycles. The number of hydrogen-bond acceptors (Lipinski definition) is 2. The van der Waals surface area contributed by atoms with Gasteiger partial charge in [0.25, 0.3) is 0 Å². The van der Waals surface area contributed by atoms with Gasteiger partial charge in [0, 0.05) is 6.42 Å². The molecule has 116 valence electrons. The molecule has 4 nitrogen and oxygen atoms in total. The first-order chi connectivity index (χ1) is 9.79. The summed E-state index contributed by atoms with van der Waals surface area (Å²) in [4.78, 5) is 22.7. The van der Waals surface area contributed by atoms with Crippen LogP contribution in [0.2, 0.25) is 0 Å². The Morgan fingerprint density at radius 1 is 1.29 bits per heavy atom. The van der Waals surface area contributed by atoms with Gasteiger partial charge in [-0.1, -0.05) is 13.8 Å². The van der Waals surface area contributed by atoms with E-state index in [4.69, 9.17) is 5.11 Å². The van der Waals surface area contributed by atoms with Crippen LogP contribution in [0.1, 0.15) is 32.3 Å². The molecule has 21 heavy (non-hydrogen) atoms. The molecule has 0 aliphatic heterocycles. The summed E-state index contributed by atoms with van der Waals surface area (Å²) >= 11 is 0. The molecule has 0 aliphatic rings. The average molecular weight is 299 g/mol. The third-order valence-corrected chi connectivity index (χ3v) is 2.97. The van der Waals surface area contributed by atoms with Crippen LogP contribution in [0.15, 0.2) is 18.2 Å². The van der Waals surface area contributed by atoms with E-state index >= 15 is 0 Å². The van der Waals surface area contributed by atoms with Crippen molar-refractivity contribution in [1.29, 1.82) is 0 Å². The van der Waals surface area contributed by atoms with Crippen LogP contribution in [-0.4, -0.2) is 23.0 Å². The van der Waals surface area contributed by atoms with E-state index in [1.807, 2.05) is 13.8 Å². The molecule has 1 rings (SSSR count). The third-order valence-electron chi connectivity index (χ3n) is 2.97. The molecule has 6 heteroatoms. The van der Waals surface area contributed by atoms with Gasteiger partial charge in [0.15, 0.2) is 0 Å². The molecule has 1 unspecified atom stereocenters. The van der Waals surface area contributed by atoms with Crippen molar-refractivity contribution in [2.75, 3.05) is 0 Å². The first-order valence-corrected chi connectivity index (χ1v) is 6.75. The molecule has 0 radical (unpaired) electrons. The zero-order valence-electron chi connectivity index (χ0n) is 12.0. The zero-order chi connectivity index (χ0) is 16.0. The number of halogens is 2. The van der Waals surface area contributed by atoms with E-state index in [1.165, 1.54) is 0 Å². The molecular formula is C15H19F2NO3. The van der Waals surface area contributed by atoms with E-state index in [1.54, 1.807) is 0 Å². The topological polar surface area (TPSA) is 66.4 Å². The van der Waals surface area contributed by atoms with E-state index in [-0.39, 0.29) is 24.3 Å². The van der Waals surface area contributed by atoms with E-state index in [2.05, 4.69) is 5.32 Å². The largest absolute Gasteiger partial charge is 0.480 e. The highest BCUT2D eigenvalue weighted by atomic mass is 19.1. The number of carboxylic acids is 1. The molecule has 2 N–H and O–H groups in total. The second kappa shape index (κ2) is 7.71. The predicted molar refractivity (Wildman–Crippen MR) is 73.7 cm³/mol. The van der Waals surface area contributed by atoms with E-state index in [0.29, 0.717) is 6.42 Å². The summed E-state index contributed by atoms with van der Waals surface area (Å²) in [6.07, 6.45) is 0.237. The molecule has 0 heterocycles. The fourth-order valence-corrected chi connectivity index (χ4v) is 1.94. The second-order valence-electron chi connectivity index (χ2n) is 5.32. The van der Waals surface area contributed by atoms with Gasteiger partial charge in [0.05, 0.1) is 0 Å². The number of aryl methyl sites for hydroxylation is 1. The monoisotopic (exact) mass is 299 g/mol. The standard InChI is InChI=1S/C15H19F2NO3/c1-9(2)7-13(15(20)21)18-14(19)6-3-10-8-11(16)4-5-12(10)17/h4-5,8-9,13H,3,6-7H2,1-2H3,(H,18,19)(H,20,21). The SMILES string of the molecule is CC(C)CC(NC(=O)CCc1cc(F)ccc1F)C(=O)O. The number of carbonyl (C=O) groups is 2. The van der Waals surface area contributed by atoms with Crippen LogP contribution in [0.25, 0.3) is 0 Å². The van der Waals surface area contributed by atoms with Crippen molar-refractivity contribution in [3.8, 4) is 0 Å². The van der Waals surface area contributed by atoms with Gasteiger partial charge in [-0.25, -0.2) is 13.6 Å². The Hall–Kier alpha value is -1.98. The molecule has 0 bridgehead atoms. The van der Waals surface area contributed by atoms with Crippen molar-refractivity contribution >= 4 is 11.9 Å². The van der Waals surface area contributed by atoms with Crippen LogP contribution in [0.5, 0.6) is 0 Å². The molecule has 1 aromatic rings. The molecule has 0 saturated heterocycles. The lowest BCUT2D eigenvalue weighted by Crippen LogP contribution is -2.41. The van der Waals surface area contributed by atoms with Crippen molar-refractivity contribution < 1.29 is 23.5 Å². The Kier molecular flexibility index (Phi) is 6.27. The Morgan fingerprint density at radius 2 is 1.95 bits per heavy atom. The van der Waals surface area contributed by atoms with Gasteiger partial charge in [-0.2, -0.15) is 0 Å². The van der Waals surface area contributed by atoms with Gasteiger partial charge in [0.2, 0.25) is 5.91 Å². The van der Waals surface area contributed by atoms with Gasteiger partial charge in [-0.15, -0.1) is 0 Å². The molecule has 1 amide bonds. The Bertz CT molecular complexity index is 518. The lowest BCUT2D eigenvalue weighted by molar-refractivity contribution is -0.142. The van der Waals surface area contributed by atoms with Gasteiger partial charge < -0.3 is 10.4 Å². The number of aliphatic carboxylic acids is 1. The smallest absolute Gasteiger partial charge is 0.326 e. The summed E-state index contributed by atoms with van der Waals surface area (Å²) in [6, 6.07) is 2.07. The summed E-state index contributed by atoms with van der Waals surface area (Å²) in [5.74, 6) is -2.64. The zero-order valence-corrected chi connectivity index (χ0v) is 12.0. The number of amides is 1. The number of carbonyl (C=O) groups excluding carboxylic acids is 1. The van der Waals surface area contributed by atoms with Crippen LogP contribution in [0.3, 0.4) is 0 Å². The molecule has 1 atom stereocenters. The fraction of sp³-hybridized carbons (Fsp3) is 0.467.